The third-order valence-electron chi connectivity index (χ3n) is 7.75. The summed E-state index contributed by atoms with van der Waals surface area (Å²) in [5, 5.41) is 7.47. The number of nitrogens with zero attached hydrogens (tertiary/aromatic N) is 1. The average Bonchev–Trinajstić information content (AvgIpc) is 3.59. The highest BCUT2D eigenvalue weighted by Crippen LogP contribution is 2.36. The number of fused-ring (bicyclic) bond motifs is 1. The fourth-order valence-electron chi connectivity index (χ4n) is 5.94. The lowest BCUT2D eigenvalue weighted by Crippen LogP contribution is -2.42. The molecule has 7 heteroatoms. The highest BCUT2D eigenvalue weighted by molar-refractivity contribution is 6.00. The molecule has 3 heterocycles. The van der Waals surface area contributed by atoms with Gasteiger partial charge in [0.05, 0.1) is 12.1 Å². The molecular formula is C26H35N3O4. The standard InChI is InChI=1S/C26H35N3O4/c1-29-22-10-9-19(14-18(22)15-23(29)26(31)33-16-20-8-5-13-32-20)28-25(30)24-21(11-12-27-24)17-6-3-2-4-7-17/h9-10,14-15,17,20-21,24,27H,2-8,11-13,16H2,1H3,(H,28,30)/t20-,21-,24-/m0/s1. The van der Waals surface area contributed by atoms with Crippen LogP contribution in [-0.4, -0.2) is 48.3 Å². The maximum absolute atomic E-state index is 13.1. The molecule has 2 aromatic rings. The second-order valence-electron chi connectivity index (χ2n) is 9.87. The Hall–Kier alpha value is -2.38. The second kappa shape index (κ2) is 9.85. The molecule has 0 radical (unpaired) electrons. The molecular weight excluding hydrogens is 418 g/mol. The maximum atomic E-state index is 13.1. The molecule has 1 aromatic heterocycles. The van der Waals surface area contributed by atoms with Crippen LogP contribution in [0.2, 0.25) is 0 Å². The van der Waals surface area contributed by atoms with Crippen molar-refractivity contribution in [3.05, 3.63) is 30.0 Å². The van der Waals surface area contributed by atoms with Crippen molar-refractivity contribution in [2.45, 2.75) is 63.5 Å². The monoisotopic (exact) mass is 453 g/mol. The Morgan fingerprint density at radius 1 is 1.12 bits per heavy atom. The van der Waals surface area contributed by atoms with Crippen LogP contribution in [0.4, 0.5) is 5.69 Å². The fourth-order valence-corrected chi connectivity index (χ4v) is 5.94. The topological polar surface area (TPSA) is 81.6 Å². The van der Waals surface area contributed by atoms with Crippen LogP contribution in [0.5, 0.6) is 0 Å². The number of ether oxygens (including phenoxy) is 2. The van der Waals surface area contributed by atoms with Gasteiger partial charge in [0.1, 0.15) is 12.3 Å². The molecule has 1 aliphatic carbocycles. The molecule has 0 spiro atoms. The van der Waals surface area contributed by atoms with Gasteiger partial charge in [-0.2, -0.15) is 0 Å². The van der Waals surface area contributed by atoms with Gasteiger partial charge < -0.3 is 24.7 Å². The SMILES string of the molecule is Cn1c(C(=O)OC[C@@H]2CCCO2)cc2cc(NC(=O)[C@H]3NCC[C@H]3C3CCCCC3)ccc21. The van der Waals surface area contributed by atoms with Crippen LogP contribution in [0.1, 0.15) is 61.9 Å². The zero-order valence-electron chi connectivity index (χ0n) is 19.5. The molecule has 0 unspecified atom stereocenters. The van der Waals surface area contributed by atoms with E-state index in [0.29, 0.717) is 17.5 Å². The lowest BCUT2D eigenvalue weighted by atomic mass is 9.76. The number of nitrogens with one attached hydrogen (secondary N) is 2. The van der Waals surface area contributed by atoms with Gasteiger partial charge in [0.25, 0.3) is 0 Å². The molecule has 3 atom stereocenters. The van der Waals surface area contributed by atoms with E-state index >= 15 is 0 Å². The highest BCUT2D eigenvalue weighted by Gasteiger charge is 2.38. The summed E-state index contributed by atoms with van der Waals surface area (Å²) >= 11 is 0. The van der Waals surface area contributed by atoms with Crippen LogP contribution in [0, 0.1) is 11.8 Å². The highest BCUT2D eigenvalue weighted by atomic mass is 16.6. The van der Waals surface area contributed by atoms with Crippen molar-refractivity contribution in [3.63, 3.8) is 0 Å². The van der Waals surface area contributed by atoms with Crippen LogP contribution in [0.3, 0.4) is 0 Å². The number of anilines is 1. The third kappa shape index (κ3) is 4.80. The first-order valence-corrected chi connectivity index (χ1v) is 12.5. The van der Waals surface area contributed by atoms with E-state index in [1.165, 1.54) is 32.1 Å². The molecule has 1 saturated carbocycles. The van der Waals surface area contributed by atoms with E-state index in [2.05, 4.69) is 10.6 Å². The molecule has 3 aliphatic rings. The van der Waals surface area contributed by atoms with Crippen molar-refractivity contribution in [2.75, 3.05) is 25.1 Å². The minimum atomic E-state index is -0.347. The summed E-state index contributed by atoms with van der Waals surface area (Å²) in [6.45, 7) is 1.94. The number of rotatable bonds is 6. The number of aromatic nitrogens is 1. The molecule has 5 rings (SSSR count). The zero-order valence-corrected chi connectivity index (χ0v) is 19.5. The summed E-state index contributed by atoms with van der Waals surface area (Å²) in [5.74, 6) is 0.787. The van der Waals surface area contributed by atoms with Crippen molar-refractivity contribution in [3.8, 4) is 0 Å². The Morgan fingerprint density at radius 3 is 2.76 bits per heavy atom. The Labute approximate surface area is 195 Å². The Morgan fingerprint density at radius 2 is 1.97 bits per heavy atom. The predicted molar refractivity (Wildman–Crippen MR) is 127 cm³/mol. The minimum Gasteiger partial charge on any atom is -0.458 e. The lowest BCUT2D eigenvalue weighted by Gasteiger charge is -2.30. The fraction of sp³-hybridized carbons (Fsp3) is 0.615. The van der Waals surface area contributed by atoms with E-state index < -0.39 is 0 Å². The molecule has 0 bridgehead atoms. The lowest BCUT2D eigenvalue weighted by molar-refractivity contribution is -0.119. The van der Waals surface area contributed by atoms with Gasteiger partial charge in [0, 0.05) is 30.2 Å². The van der Waals surface area contributed by atoms with Crippen molar-refractivity contribution >= 4 is 28.5 Å². The van der Waals surface area contributed by atoms with Crippen LogP contribution >= 0.6 is 0 Å². The number of hydrogen-bond acceptors (Lipinski definition) is 5. The molecule has 1 amide bonds. The molecule has 3 fully saturated rings. The van der Waals surface area contributed by atoms with E-state index in [-0.39, 0.29) is 30.6 Å². The normalized spacial score (nSPS) is 26.0. The third-order valence-corrected chi connectivity index (χ3v) is 7.75. The number of carbonyl (C=O) groups is 2. The molecule has 2 N–H and O–H groups in total. The summed E-state index contributed by atoms with van der Waals surface area (Å²) in [7, 11) is 1.86. The van der Waals surface area contributed by atoms with Gasteiger partial charge in [-0.05, 0) is 61.9 Å². The van der Waals surface area contributed by atoms with Crippen molar-refractivity contribution < 1.29 is 19.1 Å². The molecule has 2 aliphatic heterocycles. The van der Waals surface area contributed by atoms with Gasteiger partial charge in [-0.3, -0.25) is 4.79 Å². The summed E-state index contributed by atoms with van der Waals surface area (Å²) in [4.78, 5) is 25.8. The number of esters is 1. The predicted octanol–water partition coefficient (Wildman–Crippen LogP) is 4.01. The number of amides is 1. The number of aryl methyl sites for hydroxylation is 1. The average molecular weight is 454 g/mol. The number of benzene rings is 1. The van der Waals surface area contributed by atoms with Gasteiger partial charge in [0.2, 0.25) is 5.91 Å². The van der Waals surface area contributed by atoms with Crippen molar-refractivity contribution in [2.24, 2.45) is 18.9 Å². The zero-order chi connectivity index (χ0) is 22.8. The smallest absolute Gasteiger partial charge is 0.355 e. The summed E-state index contributed by atoms with van der Waals surface area (Å²) < 4.78 is 12.9. The molecule has 7 nitrogen and oxygen atoms in total. The molecule has 33 heavy (non-hydrogen) atoms. The van der Waals surface area contributed by atoms with Gasteiger partial charge in [-0.1, -0.05) is 32.1 Å². The van der Waals surface area contributed by atoms with Gasteiger partial charge in [0.15, 0.2) is 0 Å². The second-order valence-corrected chi connectivity index (χ2v) is 9.87. The maximum Gasteiger partial charge on any atom is 0.355 e. The van der Waals surface area contributed by atoms with Crippen LogP contribution in [-0.2, 0) is 21.3 Å². The Bertz CT molecular complexity index is 1000. The summed E-state index contributed by atoms with van der Waals surface area (Å²) in [5.41, 5.74) is 2.19. The van der Waals surface area contributed by atoms with E-state index in [9.17, 15) is 9.59 Å². The van der Waals surface area contributed by atoms with E-state index in [0.717, 1.165) is 49.0 Å². The van der Waals surface area contributed by atoms with E-state index in [1.807, 2.05) is 35.9 Å². The first-order valence-electron chi connectivity index (χ1n) is 12.5. The number of carbonyl (C=O) groups excluding carboxylic acids is 2. The largest absolute Gasteiger partial charge is 0.458 e. The van der Waals surface area contributed by atoms with E-state index in [1.54, 1.807) is 0 Å². The quantitative estimate of drug-likeness (QED) is 0.646. The summed E-state index contributed by atoms with van der Waals surface area (Å²) in [6, 6.07) is 7.51. The van der Waals surface area contributed by atoms with Crippen LogP contribution < -0.4 is 10.6 Å². The Balaban J connectivity index is 1.26. The van der Waals surface area contributed by atoms with Crippen LogP contribution in [0.15, 0.2) is 24.3 Å². The minimum absolute atomic E-state index is 0.00656. The van der Waals surface area contributed by atoms with Gasteiger partial charge in [-0.15, -0.1) is 0 Å². The van der Waals surface area contributed by atoms with Crippen molar-refractivity contribution in [1.29, 1.82) is 0 Å². The van der Waals surface area contributed by atoms with Gasteiger partial charge >= 0.3 is 5.97 Å². The summed E-state index contributed by atoms with van der Waals surface area (Å²) in [6.07, 6.45) is 9.44. The molecule has 178 valence electrons. The molecule has 1 aromatic carbocycles. The van der Waals surface area contributed by atoms with E-state index in [4.69, 9.17) is 9.47 Å². The van der Waals surface area contributed by atoms with Gasteiger partial charge in [-0.25, -0.2) is 4.79 Å². The first-order chi connectivity index (χ1) is 16.1. The number of hydrogen-bond donors (Lipinski definition) is 2. The Kier molecular flexibility index (Phi) is 6.69. The first kappa shape index (κ1) is 22.4. The molecule has 2 saturated heterocycles. The van der Waals surface area contributed by atoms with Crippen molar-refractivity contribution in [1.82, 2.24) is 9.88 Å². The van der Waals surface area contributed by atoms with Crippen LogP contribution in [0.25, 0.3) is 10.9 Å².